The Labute approximate surface area is 236 Å². The molecule has 0 radical (unpaired) electrons. The minimum absolute atomic E-state index is 0.178. The number of fused-ring (bicyclic) bond motifs is 1. The van der Waals surface area contributed by atoms with Gasteiger partial charge in [-0.3, -0.25) is 4.90 Å². The van der Waals surface area contributed by atoms with Crippen molar-refractivity contribution in [3.63, 3.8) is 0 Å². The molecule has 1 atom stereocenters. The van der Waals surface area contributed by atoms with Crippen LogP contribution in [0.25, 0.3) is 0 Å². The number of ether oxygens (including phenoxy) is 1. The number of nitrogens with one attached hydrogen (secondary N) is 2. The van der Waals surface area contributed by atoms with E-state index in [0.29, 0.717) is 44.5 Å². The second-order valence-corrected chi connectivity index (χ2v) is 9.77. The fraction of sp³-hybridized carbons (Fsp3) is 0.464. The highest BCUT2D eigenvalue weighted by atomic mass is 19.4. The lowest BCUT2D eigenvalue weighted by molar-refractivity contribution is -0.139. The number of pyridine rings is 2. The third kappa shape index (κ3) is 9.55. The first-order valence-electron chi connectivity index (χ1n) is 13.7. The summed E-state index contributed by atoms with van der Waals surface area (Å²) in [4.78, 5) is 30.2. The van der Waals surface area contributed by atoms with Crippen molar-refractivity contribution in [2.75, 3.05) is 43.4 Å². The maximum Gasteiger partial charge on any atom is 0.419 e. The van der Waals surface area contributed by atoms with Crippen LogP contribution in [0.15, 0.2) is 48.9 Å². The Hall–Kier alpha value is -4.00. The zero-order chi connectivity index (χ0) is 29.1. The minimum atomic E-state index is -4.57. The second-order valence-electron chi connectivity index (χ2n) is 9.77. The maximum absolute atomic E-state index is 12.8. The molecule has 3 aromatic rings. The molecule has 41 heavy (non-hydrogen) atoms. The number of carboxylic acid groups (broad SMARTS) is 1. The van der Waals surface area contributed by atoms with Crippen molar-refractivity contribution < 1.29 is 27.8 Å². The van der Waals surface area contributed by atoms with Crippen LogP contribution in [0.3, 0.4) is 0 Å². The van der Waals surface area contributed by atoms with Crippen LogP contribution in [0.2, 0.25) is 0 Å². The van der Waals surface area contributed by atoms with E-state index in [1.54, 1.807) is 18.3 Å². The molecule has 0 aliphatic carbocycles. The molecule has 4 rings (SSSR count). The summed E-state index contributed by atoms with van der Waals surface area (Å²) in [5.74, 6) is 0.156. The lowest BCUT2D eigenvalue weighted by Gasteiger charge is -2.24. The lowest BCUT2D eigenvalue weighted by atomic mass is 10.1. The topological polar surface area (TPSA) is 125 Å². The first-order valence-corrected chi connectivity index (χ1v) is 13.7. The molecule has 13 heteroatoms. The summed E-state index contributed by atoms with van der Waals surface area (Å²) in [6.45, 7) is 2.97. The number of carbonyl (C=O) groups is 1. The van der Waals surface area contributed by atoms with Gasteiger partial charge in [0.25, 0.3) is 0 Å². The molecule has 0 saturated heterocycles. The number of aliphatic carboxylic acids is 1. The summed E-state index contributed by atoms with van der Waals surface area (Å²) in [7, 11) is 0. The quantitative estimate of drug-likeness (QED) is 0.227. The summed E-state index contributed by atoms with van der Waals surface area (Å²) in [6, 6.07) is 8.53. The summed E-state index contributed by atoms with van der Waals surface area (Å²) < 4.78 is 44.1. The van der Waals surface area contributed by atoms with Crippen molar-refractivity contribution >= 4 is 17.7 Å². The van der Waals surface area contributed by atoms with Gasteiger partial charge in [0, 0.05) is 50.0 Å². The molecule has 1 aliphatic rings. The third-order valence-electron chi connectivity index (χ3n) is 6.72. The Bertz CT molecular complexity index is 1250. The molecular weight excluding hydrogens is 539 g/mol. The first-order chi connectivity index (χ1) is 19.8. The van der Waals surface area contributed by atoms with Crippen LogP contribution >= 0.6 is 0 Å². The van der Waals surface area contributed by atoms with E-state index in [1.165, 1.54) is 5.56 Å². The SMILES string of the molecule is O=C(O)C(CCN(CCCCc1ccc2c(n1)NCCC2)CCOc1ccccn1)Nc1ncc(C(F)(F)F)cn1. The van der Waals surface area contributed by atoms with E-state index in [9.17, 15) is 23.1 Å². The highest BCUT2D eigenvalue weighted by molar-refractivity contribution is 5.76. The lowest BCUT2D eigenvalue weighted by Crippen LogP contribution is -2.37. The fourth-order valence-corrected chi connectivity index (χ4v) is 4.47. The van der Waals surface area contributed by atoms with E-state index in [-0.39, 0.29) is 12.4 Å². The predicted molar refractivity (Wildman–Crippen MR) is 147 cm³/mol. The fourth-order valence-electron chi connectivity index (χ4n) is 4.47. The largest absolute Gasteiger partial charge is 0.480 e. The summed E-state index contributed by atoms with van der Waals surface area (Å²) >= 11 is 0. The van der Waals surface area contributed by atoms with E-state index in [1.807, 2.05) is 6.07 Å². The molecule has 220 valence electrons. The molecule has 0 bridgehead atoms. The van der Waals surface area contributed by atoms with Crippen molar-refractivity contribution in [2.24, 2.45) is 0 Å². The molecule has 4 heterocycles. The number of alkyl halides is 3. The second kappa shape index (κ2) is 14.6. The first kappa shape index (κ1) is 30.0. The molecule has 3 N–H and O–H groups in total. The molecule has 0 amide bonds. The zero-order valence-corrected chi connectivity index (χ0v) is 22.6. The molecule has 0 spiro atoms. The van der Waals surface area contributed by atoms with Gasteiger partial charge in [0.2, 0.25) is 11.8 Å². The Morgan fingerprint density at radius 3 is 2.66 bits per heavy atom. The van der Waals surface area contributed by atoms with Gasteiger partial charge in [-0.2, -0.15) is 13.2 Å². The molecule has 0 fully saturated rings. The van der Waals surface area contributed by atoms with Gasteiger partial charge in [0.05, 0.1) is 5.56 Å². The van der Waals surface area contributed by atoms with Gasteiger partial charge in [0.1, 0.15) is 18.5 Å². The molecule has 10 nitrogen and oxygen atoms in total. The average Bonchev–Trinajstić information content (AvgIpc) is 2.97. The van der Waals surface area contributed by atoms with Gasteiger partial charge in [-0.15, -0.1) is 0 Å². The van der Waals surface area contributed by atoms with Crippen LogP contribution in [0.4, 0.5) is 24.9 Å². The van der Waals surface area contributed by atoms with Crippen LogP contribution in [-0.4, -0.2) is 74.7 Å². The van der Waals surface area contributed by atoms with E-state index in [4.69, 9.17) is 9.72 Å². The predicted octanol–water partition coefficient (Wildman–Crippen LogP) is 4.30. The standard InChI is InChI=1S/C28H34F3N7O3/c29-28(30,31)21-18-34-27(35-19-21)37-23(26(39)40)11-15-38(16-17-41-24-8-1-3-12-32-24)14-4-2-7-22-10-9-20-6-5-13-33-25(20)36-22/h1,3,8-10,12,18-19,23H,2,4-7,11,13-17H2,(H,33,36)(H,39,40)(H,34,35,37). The van der Waals surface area contributed by atoms with E-state index >= 15 is 0 Å². The highest BCUT2D eigenvalue weighted by Gasteiger charge is 2.31. The number of carboxylic acids is 1. The molecular formula is C28H34F3N7O3. The monoisotopic (exact) mass is 573 g/mol. The van der Waals surface area contributed by atoms with Crippen LogP contribution in [0.1, 0.15) is 42.5 Å². The molecule has 1 unspecified atom stereocenters. The zero-order valence-electron chi connectivity index (χ0n) is 22.6. The number of nitrogens with zero attached hydrogens (tertiary/aromatic N) is 5. The molecule has 1 aliphatic heterocycles. The van der Waals surface area contributed by atoms with Crippen LogP contribution in [0.5, 0.6) is 5.88 Å². The molecule has 0 aromatic carbocycles. The number of aromatic nitrogens is 4. The number of aryl methyl sites for hydroxylation is 2. The number of hydrogen-bond donors (Lipinski definition) is 3. The Morgan fingerprint density at radius 1 is 1.10 bits per heavy atom. The van der Waals surface area contributed by atoms with E-state index < -0.39 is 23.8 Å². The number of rotatable bonds is 15. The van der Waals surface area contributed by atoms with E-state index in [0.717, 1.165) is 50.2 Å². The van der Waals surface area contributed by atoms with Gasteiger partial charge < -0.3 is 20.5 Å². The van der Waals surface area contributed by atoms with Gasteiger partial charge in [-0.1, -0.05) is 12.1 Å². The van der Waals surface area contributed by atoms with Crippen molar-refractivity contribution in [2.45, 2.75) is 50.7 Å². The summed E-state index contributed by atoms with van der Waals surface area (Å²) in [6.07, 6.45) is 3.27. The Balaban J connectivity index is 1.30. The van der Waals surface area contributed by atoms with Gasteiger partial charge >= 0.3 is 12.1 Å². The van der Waals surface area contributed by atoms with Crippen LogP contribution < -0.4 is 15.4 Å². The van der Waals surface area contributed by atoms with Crippen molar-refractivity contribution in [1.82, 2.24) is 24.8 Å². The number of hydrogen-bond acceptors (Lipinski definition) is 9. The summed E-state index contributed by atoms with van der Waals surface area (Å²) in [5, 5.41) is 15.7. The maximum atomic E-state index is 12.8. The Morgan fingerprint density at radius 2 is 1.93 bits per heavy atom. The van der Waals surface area contributed by atoms with Crippen LogP contribution in [-0.2, 0) is 23.8 Å². The van der Waals surface area contributed by atoms with Gasteiger partial charge in [-0.25, -0.2) is 24.7 Å². The average molecular weight is 574 g/mol. The van der Waals surface area contributed by atoms with Crippen molar-refractivity contribution in [3.8, 4) is 5.88 Å². The third-order valence-corrected chi connectivity index (χ3v) is 6.72. The van der Waals surface area contributed by atoms with Gasteiger partial charge in [0.15, 0.2) is 0 Å². The van der Waals surface area contributed by atoms with E-state index in [2.05, 4.69) is 42.6 Å². The number of anilines is 2. The molecule has 3 aromatic heterocycles. The number of unbranched alkanes of at least 4 members (excludes halogenated alkanes) is 1. The molecule has 0 saturated carbocycles. The minimum Gasteiger partial charge on any atom is -0.480 e. The normalized spacial score (nSPS) is 13.8. The smallest absolute Gasteiger partial charge is 0.419 e. The number of halogens is 3. The van der Waals surface area contributed by atoms with Crippen molar-refractivity contribution in [3.05, 3.63) is 65.7 Å². The highest BCUT2D eigenvalue weighted by Crippen LogP contribution is 2.28. The Kier molecular flexibility index (Phi) is 10.7. The van der Waals surface area contributed by atoms with Crippen molar-refractivity contribution in [1.29, 1.82) is 0 Å². The summed E-state index contributed by atoms with van der Waals surface area (Å²) in [5.41, 5.74) is 1.29. The van der Waals surface area contributed by atoms with Crippen LogP contribution in [0, 0.1) is 0 Å². The van der Waals surface area contributed by atoms with Gasteiger partial charge in [-0.05, 0) is 62.8 Å².